The molecule has 1 heterocycles. The molecule has 5 heteroatoms. The van der Waals surface area contributed by atoms with E-state index in [1.807, 2.05) is 0 Å². The van der Waals surface area contributed by atoms with Crippen molar-refractivity contribution in [2.24, 2.45) is 0 Å². The van der Waals surface area contributed by atoms with Gasteiger partial charge in [-0.1, -0.05) is 12.1 Å². The first-order valence-corrected chi connectivity index (χ1v) is 6.51. The third-order valence-electron chi connectivity index (χ3n) is 3.66. The Morgan fingerprint density at radius 3 is 2.43 bits per heavy atom. The Kier molecular flexibility index (Phi) is 2.97. The van der Waals surface area contributed by atoms with Crippen LogP contribution in [0.25, 0.3) is 0 Å². The minimum atomic E-state index is -0.509. The number of carbonyl (C=O) groups excluding carboxylic acids is 1. The molecule has 1 unspecified atom stereocenters. The molecular weight excluding hydrogens is 272 g/mol. The van der Waals surface area contributed by atoms with Crippen LogP contribution in [-0.2, 0) is 0 Å². The summed E-state index contributed by atoms with van der Waals surface area (Å²) in [5.41, 5.74) is 1.27. The molecule has 2 aromatic carbocycles. The topological polar surface area (TPSA) is 87.0 Å². The molecule has 5 nitrogen and oxygen atoms in total. The van der Waals surface area contributed by atoms with Gasteiger partial charge in [-0.05, 0) is 24.6 Å². The van der Waals surface area contributed by atoms with Crippen LogP contribution in [-0.4, -0.2) is 21.1 Å². The largest absolute Gasteiger partial charge is 0.508 e. The summed E-state index contributed by atoms with van der Waals surface area (Å²) >= 11 is 0. The Labute approximate surface area is 121 Å². The lowest BCUT2D eigenvalue weighted by molar-refractivity contribution is 0.0843. The molecule has 0 spiro atoms. The Bertz CT molecular complexity index is 718. The maximum Gasteiger partial charge on any atom is 0.174 e. The van der Waals surface area contributed by atoms with Crippen LogP contribution in [0.3, 0.4) is 0 Å². The van der Waals surface area contributed by atoms with Gasteiger partial charge in [-0.3, -0.25) is 4.79 Å². The zero-order valence-corrected chi connectivity index (χ0v) is 11.3. The first-order chi connectivity index (χ1) is 9.97. The lowest BCUT2D eigenvalue weighted by atomic mass is 9.93. The van der Waals surface area contributed by atoms with E-state index >= 15 is 0 Å². The number of Topliss-reactive ketones (excluding diaryl/α,β-unsaturated/α-hetero) is 1. The lowest BCUT2D eigenvalue weighted by Gasteiger charge is -2.27. The molecular formula is C16H14O5. The molecule has 0 amide bonds. The van der Waals surface area contributed by atoms with E-state index in [1.165, 1.54) is 12.1 Å². The molecule has 1 aliphatic rings. The number of ether oxygens (including phenoxy) is 1. The van der Waals surface area contributed by atoms with Gasteiger partial charge in [0.05, 0.1) is 6.42 Å². The number of phenolic OH excluding ortho intramolecular Hbond substituents is 3. The fourth-order valence-electron chi connectivity index (χ4n) is 2.48. The third-order valence-corrected chi connectivity index (χ3v) is 3.66. The molecule has 0 fully saturated rings. The van der Waals surface area contributed by atoms with Crippen LogP contribution in [0.1, 0.15) is 34.0 Å². The van der Waals surface area contributed by atoms with Gasteiger partial charge >= 0.3 is 0 Å². The van der Waals surface area contributed by atoms with Crippen LogP contribution >= 0.6 is 0 Å². The number of ketones is 1. The Hall–Kier alpha value is -2.69. The minimum absolute atomic E-state index is 0.0928. The van der Waals surface area contributed by atoms with Gasteiger partial charge in [0.2, 0.25) is 0 Å². The molecule has 0 radical (unpaired) electrons. The predicted molar refractivity (Wildman–Crippen MR) is 74.9 cm³/mol. The van der Waals surface area contributed by atoms with Crippen LogP contribution in [0, 0.1) is 6.92 Å². The van der Waals surface area contributed by atoms with Crippen molar-refractivity contribution in [3.63, 3.8) is 0 Å². The van der Waals surface area contributed by atoms with E-state index in [9.17, 15) is 20.1 Å². The normalized spacial score (nSPS) is 17.2. The molecule has 1 aliphatic heterocycles. The Morgan fingerprint density at radius 1 is 1.10 bits per heavy atom. The minimum Gasteiger partial charge on any atom is -0.508 e. The predicted octanol–water partition coefficient (Wildman–Crippen LogP) is 2.82. The second-order valence-corrected chi connectivity index (χ2v) is 5.07. The fourth-order valence-corrected chi connectivity index (χ4v) is 2.48. The van der Waals surface area contributed by atoms with Gasteiger partial charge < -0.3 is 20.1 Å². The average Bonchev–Trinajstić information content (AvgIpc) is 2.44. The van der Waals surface area contributed by atoms with Gasteiger partial charge in [0.25, 0.3) is 0 Å². The van der Waals surface area contributed by atoms with Gasteiger partial charge in [-0.2, -0.15) is 0 Å². The van der Waals surface area contributed by atoms with Gasteiger partial charge in [-0.25, -0.2) is 0 Å². The summed E-state index contributed by atoms with van der Waals surface area (Å²) in [4.78, 5) is 12.2. The van der Waals surface area contributed by atoms with Crippen LogP contribution in [0.4, 0.5) is 0 Å². The average molecular weight is 286 g/mol. The van der Waals surface area contributed by atoms with Gasteiger partial charge in [-0.15, -0.1) is 0 Å². The van der Waals surface area contributed by atoms with Crippen molar-refractivity contribution in [2.45, 2.75) is 19.4 Å². The number of hydrogen-bond acceptors (Lipinski definition) is 5. The van der Waals surface area contributed by atoms with E-state index in [2.05, 4.69) is 0 Å². The highest BCUT2D eigenvalue weighted by molar-refractivity contribution is 6.03. The number of hydrogen-bond donors (Lipinski definition) is 3. The quantitative estimate of drug-likeness (QED) is 0.750. The first kappa shape index (κ1) is 13.3. The van der Waals surface area contributed by atoms with Gasteiger partial charge in [0, 0.05) is 11.6 Å². The zero-order valence-electron chi connectivity index (χ0n) is 11.3. The molecule has 0 aromatic heterocycles. The summed E-state index contributed by atoms with van der Waals surface area (Å²) in [6, 6.07) is 7.54. The summed E-state index contributed by atoms with van der Waals surface area (Å²) in [6.45, 7) is 1.63. The van der Waals surface area contributed by atoms with E-state index in [0.717, 1.165) is 11.6 Å². The maximum absolute atomic E-state index is 12.2. The maximum atomic E-state index is 12.2. The highest BCUT2D eigenvalue weighted by atomic mass is 16.5. The summed E-state index contributed by atoms with van der Waals surface area (Å²) in [6.07, 6.45) is -0.416. The van der Waals surface area contributed by atoms with Crippen molar-refractivity contribution in [1.29, 1.82) is 0 Å². The van der Waals surface area contributed by atoms with Crippen LogP contribution in [0.15, 0.2) is 30.3 Å². The SMILES string of the molecule is Cc1c(O)cc(O)c2c1OC(c1ccc(O)cc1)CC2=O. The molecule has 3 rings (SSSR count). The molecule has 108 valence electrons. The van der Waals surface area contributed by atoms with Crippen molar-refractivity contribution in [3.05, 3.63) is 47.0 Å². The van der Waals surface area contributed by atoms with Crippen molar-refractivity contribution in [3.8, 4) is 23.0 Å². The van der Waals surface area contributed by atoms with E-state index < -0.39 is 6.10 Å². The van der Waals surface area contributed by atoms with E-state index in [1.54, 1.807) is 19.1 Å². The van der Waals surface area contributed by atoms with Gasteiger partial charge in [0.1, 0.15) is 34.7 Å². The highest BCUT2D eigenvalue weighted by Gasteiger charge is 2.32. The molecule has 0 bridgehead atoms. The third kappa shape index (κ3) is 2.16. The summed E-state index contributed by atoms with van der Waals surface area (Å²) in [5, 5.41) is 28.9. The zero-order chi connectivity index (χ0) is 15.1. The molecule has 2 aromatic rings. The van der Waals surface area contributed by atoms with Crippen molar-refractivity contribution in [2.75, 3.05) is 0 Å². The fraction of sp³-hybridized carbons (Fsp3) is 0.188. The van der Waals surface area contributed by atoms with Crippen molar-refractivity contribution >= 4 is 5.78 Å². The van der Waals surface area contributed by atoms with Crippen LogP contribution in [0.5, 0.6) is 23.0 Å². The van der Waals surface area contributed by atoms with Gasteiger partial charge in [0.15, 0.2) is 5.78 Å². The Balaban J connectivity index is 2.06. The summed E-state index contributed by atoms with van der Waals surface area (Å²) in [5.74, 6) is -0.294. The molecule has 3 N–H and O–H groups in total. The van der Waals surface area contributed by atoms with E-state index in [-0.39, 0.29) is 40.8 Å². The first-order valence-electron chi connectivity index (χ1n) is 6.51. The van der Waals surface area contributed by atoms with Crippen molar-refractivity contribution < 1.29 is 24.9 Å². The smallest absolute Gasteiger partial charge is 0.174 e. The number of benzene rings is 2. The summed E-state index contributed by atoms with van der Waals surface area (Å²) < 4.78 is 5.80. The number of fused-ring (bicyclic) bond motifs is 1. The second kappa shape index (κ2) is 4.70. The van der Waals surface area contributed by atoms with E-state index in [4.69, 9.17) is 4.74 Å². The second-order valence-electron chi connectivity index (χ2n) is 5.07. The van der Waals surface area contributed by atoms with Crippen LogP contribution < -0.4 is 4.74 Å². The monoisotopic (exact) mass is 286 g/mol. The highest BCUT2D eigenvalue weighted by Crippen LogP contribution is 2.44. The molecule has 1 atom stereocenters. The number of rotatable bonds is 1. The molecule has 21 heavy (non-hydrogen) atoms. The Morgan fingerprint density at radius 2 is 1.76 bits per heavy atom. The number of carbonyl (C=O) groups is 1. The molecule has 0 saturated heterocycles. The summed E-state index contributed by atoms with van der Waals surface area (Å²) in [7, 11) is 0. The molecule has 0 saturated carbocycles. The standard InChI is InChI=1S/C16H14O5/c1-8-11(18)6-12(19)15-13(20)7-14(21-16(8)15)9-2-4-10(17)5-3-9/h2-6,14,17-19H,7H2,1H3. The van der Waals surface area contributed by atoms with Crippen molar-refractivity contribution in [1.82, 2.24) is 0 Å². The number of aromatic hydroxyl groups is 3. The van der Waals surface area contributed by atoms with Crippen LogP contribution in [0.2, 0.25) is 0 Å². The van der Waals surface area contributed by atoms with E-state index in [0.29, 0.717) is 5.56 Å². The number of phenols is 3. The molecule has 0 aliphatic carbocycles. The lowest BCUT2D eigenvalue weighted by Crippen LogP contribution is -2.21.